The number of rotatable bonds is 15. The van der Waals surface area contributed by atoms with Crippen LogP contribution in [0.2, 0.25) is 0 Å². The van der Waals surface area contributed by atoms with Gasteiger partial charge in [-0.2, -0.15) is 0 Å². The van der Waals surface area contributed by atoms with Gasteiger partial charge in [0, 0.05) is 35.8 Å². The molecule has 0 saturated heterocycles. The first-order valence-electron chi connectivity index (χ1n) is 16.5. The number of phenolic OH excluding ortho intramolecular Hbond substituents is 2. The van der Waals surface area contributed by atoms with Crippen LogP contribution in [0.15, 0.2) is 109 Å². The summed E-state index contributed by atoms with van der Waals surface area (Å²) in [5, 5.41) is 42.8. The summed E-state index contributed by atoms with van der Waals surface area (Å²) in [5.74, 6) is -4.04. The highest BCUT2D eigenvalue weighted by Gasteiger charge is 2.39. The summed E-state index contributed by atoms with van der Waals surface area (Å²) >= 11 is 0. The van der Waals surface area contributed by atoms with E-state index >= 15 is 0 Å². The summed E-state index contributed by atoms with van der Waals surface area (Å²) in [4.78, 5) is 36.7. The molecule has 1 heterocycles. The standard InChI is InChI=1S/C41H40O8/c42-32-26-33(29-18-9-3-10-19-29)49-41-37(31(28-16-7-2-8-17-28)21-11-4-12-22-34(43)44)39(47)36(40(48)38(32)41)30(20-13-23-35(45)46)25-24-27-14-5-1-6-15-27/h1-3,5-11,14-19,21,24-25,30-31,33,47-48H,4,12-13,20,22-23,26H2,(H,43,44)(H,45,46)/t30-,31+,33+/m0/s1. The first kappa shape index (κ1) is 34.7. The number of allylic oxidation sites excluding steroid dienone is 3. The van der Waals surface area contributed by atoms with E-state index in [9.17, 15) is 29.7 Å². The van der Waals surface area contributed by atoms with Gasteiger partial charge in [-0.05, 0) is 42.4 Å². The Morgan fingerprint density at radius 3 is 2.04 bits per heavy atom. The molecule has 5 rings (SSSR count). The Morgan fingerprint density at radius 1 is 0.776 bits per heavy atom. The summed E-state index contributed by atoms with van der Waals surface area (Å²) in [6, 6.07) is 28.2. The maximum absolute atomic E-state index is 14.0. The minimum absolute atomic E-state index is 0.00644. The molecule has 4 N–H and O–H groups in total. The van der Waals surface area contributed by atoms with Gasteiger partial charge in [-0.3, -0.25) is 14.4 Å². The van der Waals surface area contributed by atoms with Crippen LogP contribution in [0.3, 0.4) is 0 Å². The topological polar surface area (TPSA) is 141 Å². The molecule has 8 heteroatoms. The molecule has 0 spiro atoms. The minimum atomic E-state index is -0.960. The molecule has 0 saturated carbocycles. The molecule has 1 aliphatic heterocycles. The molecule has 49 heavy (non-hydrogen) atoms. The van der Waals surface area contributed by atoms with E-state index in [4.69, 9.17) is 9.84 Å². The molecule has 0 bridgehead atoms. The fourth-order valence-electron chi connectivity index (χ4n) is 6.31. The number of hydrogen-bond donors (Lipinski definition) is 4. The largest absolute Gasteiger partial charge is 0.507 e. The quantitative estimate of drug-likeness (QED) is 0.0732. The lowest BCUT2D eigenvalue weighted by atomic mass is 9.80. The van der Waals surface area contributed by atoms with Crippen LogP contribution in [-0.2, 0) is 9.59 Å². The average Bonchev–Trinajstić information content (AvgIpc) is 3.10. The highest BCUT2D eigenvalue weighted by atomic mass is 16.5. The second-order valence-electron chi connectivity index (χ2n) is 12.1. The maximum atomic E-state index is 14.0. The third kappa shape index (κ3) is 8.65. The Balaban J connectivity index is 1.72. The molecule has 0 amide bonds. The highest BCUT2D eigenvalue weighted by molar-refractivity contribution is 6.04. The van der Waals surface area contributed by atoms with Crippen LogP contribution in [0.5, 0.6) is 17.2 Å². The van der Waals surface area contributed by atoms with Crippen LogP contribution >= 0.6 is 0 Å². The van der Waals surface area contributed by atoms with Crippen LogP contribution < -0.4 is 4.74 Å². The van der Waals surface area contributed by atoms with E-state index in [0.29, 0.717) is 18.4 Å². The van der Waals surface area contributed by atoms with Gasteiger partial charge in [0.1, 0.15) is 28.9 Å². The number of fused-ring (bicyclic) bond motifs is 1. The molecule has 3 atom stereocenters. The average molecular weight is 661 g/mol. The van der Waals surface area contributed by atoms with E-state index in [1.165, 1.54) is 0 Å². The number of aromatic hydroxyl groups is 2. The lowest BCUT2D eigenvalue weighted by Crippen LogP contribution is -2.23. The van der Waals surface area contributed by atoms with Crippen molar-refractivity contribution in [1.29, 1.82) is 0 Å². The summed E-state index contributed by atoms with van der Waals surface area (Å²) in [5.41, 5.74) is 2.83. The van der Waals surface area contributed by atoms with E-state index in [-0.39, 0.29) is 66.3 Å². The Bertz CT molecular complexity index is 1810. The van der Waals surface area contributed by atoms with E-state index < -0.39 is 29.9 Å². The fourth-order valence-corrected chi connectivity index (χ4v) is 6.31. The summed E-state index contributed by atoms with van der Waals surface area (Å²) < 4.78 is 6.57. The number of carbonyl (C=O) groups is 3. The van der Waals surface area contributed by atoms with Crippen molar-refractivity contribution in [3.63, 3.8) is 0 Å². The number of hydrogen-bond acceptors (Lipinski definition) is 6. The van der Waals surface area contributed by atoms with Crippen molar-refractivity contribution < 1.29 is 39.5 Å². The van der Waals surface area contributed by atoms with Crippen LogP contribution in [0.25, 0.3) is 6.08 Å². The Kier molecular flexibility index (Phi) is 11.7. The Morgan fingerprint density at radius 2 is 1.39 bits per heavy atom. The van der Waals surface area contributed by atoms with Gasteiger partial charge in [0.15, 0.2) is 5.78 Å². The summed E-state index contributed by atoms with van der Waals surface area (Å²) in [6.45, 7) is 0. The van der Waals surface area contributed by atoms with Gasteiger partial charge in [-0.1, -0.05) is 115 Å². The molecule has 252 valence electrons. The number of aliphatic carboxylic acids is 2. The van der Waals surface area contributed by atoms with Gasteiger partial charge < -0.3 is 25.2 Å². The van der Waals surface area contributed by atoms with Gasteiger partial charge >= 0.3 is 11.9 Å². The summed E-state index contributed by atoms with van der Waals surface area (Å²) in [6.07, 6.45) is 8.02. The second kappa shape index (κ2) is 16.5. The predicted octanol–water partition coefficient (Wildman–Crippen LogP) is 8.80. The first-order chi connectivity index (χ1) is 23.7. The van der Waals surface area contributed by atoms with Crippen LogP contribution in [0.4, 0.5) is 0 Å². The van der Waals surface area contributed by atoms with Crippen molar-refractivity contribution in [2.45, 2.75) is 62.9 Å². The van der Waals surface area contributed by atoms with E-state index in [1.807, 2.05) is 115 Å². The molecule has 1 aliphatic rings. The molecule has 4 aromatic rings. The van der Waals surface area contributed by atoms with E-state index in [0.717, 1.165) is 16.7 Å². The van der Waals surface area contributed by atoms with Gasteiger partial charge in [-0.25, -0.2) is 0 Å². The molecular weight excluding hydrogens is 620 g/mol. The van der Waals surface area contributed by atoms with Gasteiger partial charge in [0.25, 0.3) is 0 Å². The zero-order valence-corrected chi connectivity index (χ0v) is 27.1. The van der Waals surface area contributed by atoms with Crippen molar-refractivity contribution in [3.8, 4) is 17.2 Å². The number of unbranched alkanes of at least 4 members (excludes halogenated alkanes) is 1. The Hall–Kier alpha value is -5.63. The fraction of sp³-hybridized carbons (Fsp3) is 0.244. The second-order valence-corrected chi connectivity index (χ2v) is 12.1. The third-order valence-corrected chi connectivity index (χ3v) is 8.71. The molecule has 8 nitrogen and oxygen atoms in total. The normalized spacial score (nSPS) is 15.5. The lowest BCUT2D eigenvalue weighted by Gasteiger charge is -2.32. The van der Waals surface area contributed by atoms with Crippen molar-refractivity contribution in [3.05, 3.63) is 143 Å². The van der Waals surface area contributed by atoms with Gasteiger partial charge in [-0.15, -0.1) is 0 Å². The number of ketones is 1. The minimum Gasteiger partial charge on any atom is -0.507 e. The number of carbonyl (C=O) groups excluding carboxylic acids is 1. The molecule has 0 aliphatic carbocycles. The number of ether oxygens (including phenoxy) is 1. The van der Waals surface area contributed by atoms with Gasteiger partial charge in [0.05, 0.1) is 6.42 Å². The number of Topliss-reactive ketones (excluding diaryl/α,β-unsaturated/α-hetero) is 1. The number of phenols is 2. The van der Waals surface area contributed by atoms with Crippen LogP contribution in [0, 0.1) is 0 Å². The molecule has 0 fully saturated rings. The molecule has 0 unspecified atom stereocenters. The zero-order valence-electron chi connectivity index (χ0n) is 27.1. The molecule has 0 radical (unpaired) electrons. The zero-order chi connectivity index (χ0) is 34.8. The molecule has 4 aromatic carbocycles. The number of benzene rings is 4. The van der Waals surface area contributed by atoms with Crippen molar-refractivity contribution in [1.82, 2.24) is 0 Å². The Labute approximate surface area is 285 Å². The van der Waals surface area contributed by atoms with Crippen molar-refractivity contribution >= 4 is 23.8 Å². The number of carboxylic acid groups (broad SMARTS) is 2. The monoisotopic (exact) mass is 660 g/mol. The highest BCUT2D eigenvalue weighted by Crippen LogP contribution is 2.54. The number of carboxylic acids is 2. The first-order valence-corrected chi connectivity index (χ1v) is 16.5. The SMILES string of the molecule is O=C(O)CCCC=C[C@H](c1ccccc1)c1c(O)c([C@H](C=Cc2ccccc2)CCCC(=O)O)c(O)c2c1O[C@@H](c1ccccc1)CC2=O. The smallest absolute Gasteiger partial charge is 0.303 e. The van der Waals surface area contributed by atoms with E-state index in [1.54, 1.807) is 0 Å². The van der Waals surface area contributed by atoms with E-state index in [2.05, 4.69) is 0 Å². The maximum Gasteiger partial charge on any atom is 0.303 e. The van der Waals surface area contributed by atoms with Crippen LogP contribution in [-0.4, -0.2) is 38.1 Å². The van der Waals surface area contributed by atoms with Crippen molar-refractivity contribution in [2.24, 2.45) is 0 Å². The van der Waals surface area contributed by atoms with Crippen LogP contribution in [0.1, 0.15) is 101 Å². The summed E-state index contributed by atoms with van der Waals surface area (Å²) in [7, 11) is 0. The predicted molar refractivity (Wildman–Crippen MR) is 187 cm³/mol. The molecular formula is C41H40O8. The third-order valence-electron chi connectivity index (χ3n) is 8.71. The lowest BCUT2D eigenvalue weighted by molar-refractivity contribution is -0.138. The van der Waals surface area contributed by atoms with Gasteiger partial charge in [0.2, 0.25) is 0 Å². The van der Waals surface area contributed by atoms with Crippen molar-refractivity contribution in [2.75, 3.05) is 0 Å². The molecule has 0 aromatic heterocycles.